The number of carbonyl (C=O) groups is 1. The van der Waals surface area contributed by atoms with Crippen LogP contribution in [-0.4, -0.2) is 98.3 Å². The van der Waals surface area contributed by atoms with Gasteiger partial charge in [0.2, 0.25) is 10.0 Å². The molecule has 9 nitrogen and oxygen atoms in total. The first-order valence-corrected chi connectivity index (χ1v) is 11.9. The number of halogens is 1. The molecule has 0 aliphatic carbocycles. The van der Waals surface area contributed by atoms with Crippen molar-refractivity contribution in [3.05, 3.63) is 0 Å². The Morgan fingerprint density at radius 2 is 1.86 bits per heavy atom. The quantitative estimate of drug-likeness (QED) is 0.537. The minimum Gasteiger partial charge on any atom is -0.444 e. The Kier molecular flexibility index (Phi) is 8.05. The second-order valence-corrected chi connectivity index (χ2v) is 10.9. The molecule has 11 heteroatoms. The lowest BCUT2D eigenvalue weighted by Crippen LogP contribution is -2.58. The van der Waals surface area contributed by atoms with E-state index in [-0.39, 0.29) is 36.1 Å². The van der Waals surface area contributed by atoms with Crippen LogP contribution in [0.3, 0.4) is 0 Å². The molecule has 0 saturated carbocycles. The van der Waals surface area contributed by atoms with E-state index in [1.165, 1.54) is 6.26 Å². The molecule has 1 amide bonds. The number of piperazine rings is 1. The maximum atomic E-state index is 12.3. The first-order chi connectivity index (χ1) is 13.0. The molecular weight excluding hydrogens is 509 g/mol. The predicted molar refractivity (Wildman–Crippen MR) is 123 cm³/mol. The number of hydrogen-bond donors (Lipinski definition) is 1. The van der Waals surface area contributed by atoms with Gasteiger partial charge in [-0.1, -0.05) is 0 Å². The summed E-state index contributed by atoms with van der Waals surface area (Å²) in [5.41, 5.74) is -0.486. The van der Waals surface area contributed by atoms with Gasteiger partial charge in [0.1, 0.15) is 5.60 Å². The molecule has 3 rings (SSSR count). The molecule has 1 unspecified atom stereocenters. The number of fused-ring (bicyclic) bond motifs is 1. The fraction of sp³-hybridized carbons (Fsp3) is 0.889. The van der Waals surface area contributed by atoms with Crippen molar-refractivity contribution in [3.63, 3.8) is 0 Å². The maximum Gasteiger partial charge on any atom is 0.410 e. The fourth-order valence-electron chi connectivity index (χ4n) is 3.90. The third-order valence-corrected chi connectivity index (χ3v) is 6.75. The number of carbonyl (C=O) groups excluding carboxylic acids is 1. The van der Waals surface area contributed by atoms with Crippen molar-refractivity contribution in [3.8, 4) is 0 Å². The normalized spacial score (nSPS) is 23.9. The standard InChI is InChI=1S/C18H33N5O4S.HI/c1-18(2,3)27-17(24)21-9-10-23-15(13-21)12-20-16(23)19-11-14-5-7-22(8-6-14)28(4,25)26;/h14-15H,5-13H2,1-4H3,(H,19,20);1H. The van der Waals surface area contributed by atoms with Gasteiger partial charge in [-0.25, -0.2) is 17.5 Å². The van der Waals surface area contributed by atoms with E-state index in [0.29, 0.717) is 38.6 Å². The van der Waals surface area contributed by atoms with Crippen LogP contribution in [0.5, 0.6) is 0 Å². The van der Waals surface area contributed by atoms with E-state index in [1.54, 1.807) is 9.21 Å². The van der Waals surface area contributed by atoms with E-state index in [1.807, 2.05) is 20.8 Å². The molecule has 3 aliphatic heterocycles. The van der Waals surface area contributed by atoms with Gasteiger partial charge < -0.3 is 19.9 Å². The van der Waals surface area contributed by atoms with Crippen molar-refractivity contribution < 1.29 is 17.9 Å². The monoisotopic (exact) mass is 543 g/mol. The molecule has 2 fully saturated rings. The van der Waals surface area contributed by atoms with Crippen LogP contribution in [0.2, 0.25) is 0 Å². The minimum atomic E-state index is -3.08. The molecule has 1 atom stereocenters. The Morgan fingerprint density at radius 1 is 1.21 bits per heavy atom. The molecule has 0 aromatic heterocycles. The summed E-state index contributed by atoms with van der Waals surface area (Å²) in [6.45, 7) is 10.3. The zero-order valence-electron chi connectivity index (χ0n) is 17.8. The molecule has 0 radical (unpaired) electrons. The SMILES string of the molecule is CC(C)(C)OC(=O)N1CCN2C(NCC3CCN(S(C)(=O)=O)CC3)=NCC2C1.I. The van der Waals surface area contributed by atoms with Gasteiger partial charge in [-0.05, 0) is 39.5 Å². The summed E-state index contributed by atoms with van der Waals surface area (Å²) in [5, 5.41) is 3.46. The van der Waals surface area contributed by atoms with Crippen molar-refractivity contribution in [1.82, 2.24) is 19.4 Å². The van der Waals surface area contributed by atoms with Gasteiger partial charge in [0.25, 0.3) is 0 Å². The van der Waals surface area contributed by atoms with Crippen LogP contribution in [0.25, 0.3) is 0 Å². The van der Waals surface area contributed by atoms with Gasteiger partial charge in [-0.3, -0.25) is 4.99 Å². The predicted octanol–water partition coefficient (Wildman–Crippen LogP) is 1.16. The number of ether oxygens (including phenoxy) is 1. The largest absolute Gasteiger partial charge is 0.444 e. The number of aliphatic imine (C=N–C) groups is 1. The summed E-state index contributed by atoms with van der Waals surface area (Å²) >= 11 is 0. The number of hydrogen-bond acceptors (Lipinski definition) is 7. The number of rotatable bonds is 3. The Bertz CT molecular complexity index is 716. The van der Waals surface area contributed by atoms with Crippen molar-refractivity contribution in [2.24, 2.45) is 10.9 Å². The van der Waals surface area contributed by atoms with Gasteiger partial charge >= 0.3 is 6.09 Å². The molecule has 0 bridgehead atoms. The van der Waals surface area contributed by atoms with E-state index in [9.17, 15) is 13.2 Å². The van der Waals surface area contributed by atoms with Crippen LogP contribution in [0.1, 0.15) is 33.6 Å². The lowest BCUT2D eigenvalue weighted by Gasteiger charge is -2.39. The second kappa shape index (κ2) is 9.54. The molecule has 168 valence electrons. The molecular formula is C18H34IN5O4S. The summed E-state index contributed by atoms with van der Waals surface area (Å²) in [6, 6.07) is 0.191. The first kappa shape index (κ1) is 24.4. The summed E-state index contributed by atoms with van der Waals surface area (Å²) in [4.78, 5) is 20.9. The second-order valence-electron chi connectivity index (χ2n) is 8.92. The van der Waals surface area contributed by atoms with Gasteiger partial charge in [0, 0.05) is 39.3 Å². The minimum absolute atomic E-state index is 0. The number of guanidine groups is 1. The van der Waals surface area contributed by atoms with Crippen LogP contribution in [0.4, 0.5) is 4.79 Å². The molecule has 0 spiro atoms. The Balaban J connectivity index is 0.00000300. The van der Waals surface area contributed by atoms with Crippen LogP contribution < -0.4 is 5.32 Å². The van der Waals surface area contributed by atoms with E-state index in [2.05, 4.69) is 15.2 Å². The third kappa shape index (κ3) is 6.58. The zero-order valence-corrected chi connectivity index (χ0v) is 20.9. The highest BCUT2D eigenvalue weighted by molar-refractivity contribution is 14.0. The van der Waals surface area contributed by atoms with Crippen LogP contribution in [0.15, 0.2) is 4.99 Å². The van der Waals surface area contributed by atoms with Crippen LogP contribution >= 0.6 is 24.0 Å². The summed E-state index contributed by atoms with van der Waals surface area (Å²) in [7, 11) is -3.08. The topological polar surface area (TPSA) is 94.5 Å². The van der Waals surface area contributed by atoms with Crippen LogP contribution in [-0.2, 0) is 14.8 Å². The average molecular weight is 543 g/mol. The maximum absolute atomic E-state index is 12.3. The van der Waals surface area contributed by atoms with Crippen LogP contribution in [0, 0.1) is 5.92 Å². The summed E-state index contributed by atoms with van der Waals surface area (Å²) in [6.07, 6.45) is 2.74. The van der Waals surface area contributed by atoms with Crippen molar-refractivity contribution in [2.75, 3.05) is 52.1 Å². The van der Waals surface area contributed by atoms with E-state index >= 15 is 0 Å². The summed E-state index contributed by atoms with van der Waals surface area (Å²) < 4.78 is 30.3. The van der Waals surface area contributed by atoms with Crippen molar-refractivity contribution in [1.29, 1.82) is 0 Å². The van der Waals surface area contributed by atoms with E-state index in [4.69, 9.17) is 4.74 Å². The average Bonchev–Trinajstić information content (AvgIpc) is 3.00. The first-order valence-electron chi connectivity index (χ1n) is 10.0. The third-order valence-electron chi connectivity index (χ3n) is 5.45. The highest BCUT2D eigenvalue weighted by Crippen LogP contribution is 2.21. The zero-order chi connectivity index (χ0) is 20.5. The molecule has 3 aliphatic rings. The van der Waals surface area contributed by atoms with E-state index in [0.717, 1.165) is 31.9 Å². The van der Waals surface area contributed by atoms with Gasteiger partial charge in [-0.15, -0.1) is 24.0 Å². The lowest BCUT2D eigenvalue weighted by molar-refractivity contribution is 0.0137. The molecule has 2 saturated heterocycles. The Labute approximate surface area is 191 Å². The molecule has 0 aromatic carbocycles. The number of nitrogens with zero attached hydrogens (tertiary/aromatic N) is 4. The lowest BCUT2D eigenvalue weighted by atomic mass is 9.98. The number of amides is 1. The van der Waals surface area contributed by atoms with Crippen molar-refractivity contribution in [2.45, 2.75) is 45.3 Å². The Morgan fingerprint density at radius 3 is 2.45 bits per heavy atom. The summed E-state index contributed by atoms with van der Waals surface area (Å²) in [5.74, 6) is 1.35. The highest BCUT2D eigenvalue weighted by atomic mass is 127. The highest BCUT2D eigenvalue weighted by Gasteiger charge is 2.36. The molecule has 3 heterocycles. The molecule has 0 aromatic rings. The van der Waals surface area contributed by atoms with E-state index < -0.39 is 15.6 Å². The molecule has 29 heavy (non-hydrogen) atoms. The van der Waals surface area contributed by atoms with Gasteiger partial charge in [0.15, 0.2) is 5.96 Å². The number of piperidine rings is 1. The fourth-order valence-corrected chi connectivity index (χ4v) is 4.78. The Hall–Kier alpha value is -0.820. The van der Waals surface area contributed by atoms with Gasteiger partial charge in [0.05, 0.1) is 18.8 Å². The number of sulfonamides is 1. The molecule has 1 N–H and O–H groups in total. The number of nitrogens with one attached hydrogen (secondary N) is 1. The smallest absolute Gasteiger partial charge is 0.410 e. The van der Waals surface area contributed by atoms with Gasteiger partial charge in [-0.2, -0.15) is 0 Å². The van der Waals surface area contributed by atoms with Crippen molar-refractivity contribution >= 4 is 46.1 Å².